The van der Waals surface area contributed by atoms with E-state index >= 15 is 0 Å². The van der Waals surface area contributed by atoms with Crippen molar-refractivity contribution in [1.82, 2.24) is 15.5 Å². The molecule has 0 radical (unpaired) electrons. The van der Waals surface area contributed by atoms with Gasteiger partial charge in [0.05, 0.1) is 6.54 Å². The second-order valence-electron chi connectivity index (χ2n) is 8.64. The van der Waals surface area contributed by atoms with Gasteiger partial charge in [0.2, 0.25) is 5.91 Å². The maximum absolute atomic E-state index is 13.3. The van der Waals surface area contributed by atoms with Gasteiger partial charge in [-0.2, -0.15) is 0 Å². The van der Waals surface area contributed by atoms with Crippen molar-refractivity contribution in [2.24, 2.45) is 5.92 Å². The van der Waals surface area contributed by atoms with E-state index in [1.807, 2.05) is 12.1 Å². The number of benzene rings is 1. The number of rotatable bonds is 6. The third-order valence-corrected chi connectivity index (χ3v) is 6.78. The molecule has 0 saturated heterocycles. The first-order chi connectivity index (χ1) is 14.0. The molecule has 2 fully saturated rings. The molecule has 2 N–H and O–H groups in total. The summed E-state index contributed by atoms with van der Waals surface area (Å²) in [6, 6.07) is 7.25. The van der Waals surface area contributed by atoms with Crippen molar-refractivity contribution in [1.29, 1.82) is 0 Å². The summed E-state index contributed by atoms with van der Waals surface area (Å²) in [5.74, 6) is 0.320. The molecule has 0 unspecified atom stereocenters. The highest BCUT2D eigenvalue weighted by Gasteiger charge is 2.25. The van der Waals surface area contributed by atoms with E-state index in [0.717, 1.165) is 24.8 Å². The summed E-state index contributed by atoms with van der Waals surface area (Å²) in [5, 5.41) is 6.98. The zero-order valence-corrected chi connectivity index (χ0v) is 18.3. The quantitative estimate of drug-likeness (QED) is 0.665. The van der Waals surface area contributed by atoms with Gasteiger partial charge in [0, 0.05) is 18.6 Å². The van der Waals surface area contributed by atoms with Crippen molar-refractivity contribution in [2.75, 3.05) is 6.54 Å². The Morgan fingerprint density at radius 3 is 2.41 bits per heavy atom. The minimum atomic E-state index is -0.229. The fourth-order valence-corrected chi connectivity index (χ4v) is 4.88. The second kappa shape index (κ2) is 10.9. The summed E-state index contributed by atoms with van der Waals surface area (Å²) < 4.78 is 13.3. The fraction of sp³-hybridized carbons (Fsp3) is 0.652. The number of amides is 1. The van der Waals surface area contributed by atoms with Crippen LogP contribution in [0, 0.1) is 11.7 Å². The molecule has 2 atom stereocenters. The van der Waals surface area contributed by atoms with Crippen LogP contribution < -0.4 is 10.6 Å². The number of carbonyl (C=O) groups excluding carboxylic acids is 1. The van der Waals surface area contributed by atoms with Crippen LogP contribution in [-0.4, -0.2) is 34.5 Å². The first kappa shape index (κ1) is 22.0. The van der Waals surface area contributed by atoms with Gasteiger partial charge in [-0.05, 0) is 61.5 Å². The Morgan fingerprint density at radius 2 is 1.72 bits per heavy atom. The van der Waals surface area contributed by atoms with Gasteiger partial charge in [0.15, 0.2) is 5.11 Å². The van der Waals surface area contributed by atoms with Gasteiger partial charge in [-0.3, -0.25) is 4.79 Å². The molecule has 0 spiro atoms. The van der Waals surface area contributed by atoms with Gasteiger partial charge in [-0.1, -0.05) is 51.2 Å². The summed E-state index contributed by atoms with van der Waals surface area (Å²) in [6.07, 6.45) is 10.6. The van der Waals surface area contributed by atoms with E-state index in [1.54, 1.807) is 0 Å². The Kier molecular flexibility index (Phi) is 8.28. The molecule has 4 nitrogen and oxygen atoms in total. The van der Waals surface area contributed by atoms with E-state index in [0.29, 0.717) is 23.6 Å². The topological polar surface area (TPSA) is 44.4 Å². The summed E-state index contributed by atoms with van der Waals surface area (Å²) in [6.45, 7) is 3.06. The molecule has 1 aromatic carbocycles. The maximum atomic E-state index is 13.3. The lowest BCUT2D eigenvalue weighted by molar-refractivity contribution is -0.121. The first-order valence-corrected chi connectivity index (χ1v) is 11.5. The molecular formula is C23H34FN3OS. The Labute approximate surface area is 179 Å². The summed E-state index contributed by atoms with van der Waals surface area (Å²) in [5.41, 5.74) is 1.03. The number of nitrogens with zero attached hydrogens (tertiary/aromatic N) is 1. The van der Waals surface area contributed by atoms with Crippen LogP contribution in [0.5, 0.6) is 0 Å². The molecule has 29 heavy (non-hydrogen) atoms. The molecular weight excluding hydrogens is 385 g/mol. The predicted octanol–water partition coefficient (Wildman–Crippen LogP) is 4.53. The lowest BCUT2D eigenvalue weighted by Crippen LogP contribution is -2.50. The highest BCUT2D eigenvalue weighted by Crippen LogP contribution is 2.25. The lowest BCUT2D eigenvalue weighted by atomic mass is 9.86. The number of thiocarbonyl (C=S) groups is 1. The molecule has 0 aromatic heterocycles. The van der Waals surface area contributed by atoms with Crippen molar-refractivity contribution < 1.29 is 9.18 Å². The average molecular weight is 420 g/mol. The van der Waals surface area contributed by atoms with Crippen LogP contribution in [0.3, 0.4) is 0 Å². The second-order valence-corrected chi connectivity index (χ2v) is 9.03. The van der Waals surface area contributed by atoms with Crippen LogP contribution in [0.15, 0.2) is 24.3 Å². The van der Waals surface area contributed by atoms with Gasteiger partial charge in [-0.15, -0.1) is 0 Å². The molecule has 0 heterocycles. The number of carbonyl (C=O) groups is 1. The fourth-order valence-electron chi connectivity index (χ4n) is 4.59. The highest BCUT2D eigenvalue weighted by atomic mass is 32.1. The van der Waals surface area contributed by atoms with Crippen LogP contribution in [0.25, 0.3) is 0 Å². The molecule has 2 saturated carbocycles. The van der Waals surface area contributed by atoms with E-state index in [2.05, 4.69) is 22.5 Å². The molecule has 2 aliphatic rings. The smallest absolute Gasteiger partial charge is 0.239 e. The standard InChI is InChI=1S/C23H34FN3OS/c1-17-7-5-6-10-21(17)26-22(28)15-25-23(29)27(20-8-3-2-4-9-20)16-18-11-13-19(24)14-12-18/h11-14,17,20-21H,2-10,15-16H2,1H3,(H,25,29)(H,26,28)/t17-,21-/m1/s1. The maximum Gasteiger partial charge on any atom is 0.239 e. The summed E-state index contributed by atoms with van der Waals surface area (Å²) in [4.78, 5) is 14.7. The van der Waals surface area contributed by atoms with E-state index < -0.39 is 0 Å². The van der Waals surface area contributed by atoms with Crippen molar-refractivity contribution in [3.05, 3.63) is 35.6 Å². The third-order valence-electron chi connectivity index (χ3n) is 6.40. The predicted molar refractivity (Wildman–Crippen MR) is 119 cm³/mol. The van der Waals surface area contributed by atoms with Gasteiger partial charge in [0.25, 0.3) is 0 Å². The average Bonchev–Trinajstić information content (AvgIpc) is 2.74. The van der Waals surface area contributed by atoms with Gasteiger partial charge >= 0.3 is 0 Å². The first-order valence-electron chi connectivity index (χ1n) is 11.1. The molecule has 1 aromatic rings. The van der Waals surface area contributed by atoms with Gasteiger partial charge < -0.3 is 15.5 Å². The molecule has 0 bridgehead atoms. The van der Waals surface area contributed by atoms with Crippen molar-refractivity contribution in [3.63, 3.8) is 0 Å². The van der Waals surface area contributed by atoms with E-state index in [-0.39, 0.29) is 24.3 Å². The normalized spacial score (nSPS) is 22.7. The Balaban J connectivity index is 1.56. The largest absolute Gasteiger partial charge is 0.353 e. The SMILES string of the molecule is C[C@@H]1CCCC[C@H]1NC(=O)CNC(=S)N(Cc1ccc(F)cc1)C1CCCCC1. The minimum Gasteiger partial charge on any atom is -0.353 e. The van der Waals surface area contributed by atoms with E-state index in [1.165, 1.54) is 50.7 Å². The molecule has 3 rings (SSSR count). The highest BCUT2D eigenvalue weighted by molar-refractivity contribution is 7.80. The molecule has 2 aliphatic carbocycles. The van der Waals surface area contributed by atoms with Gasteiger partial charge in [-0.25, -0.2) is 4.39 Å². The zero-order chi connectivity index (χ0) is 20.6. The number of nitrogens with one attached hydrogen (secondary N) is 2. The van der Waals surface area contributed by atoms with Gasteiger partial charge in [0.1, 0.15) is 5.82 Å². The number of hydrogen-bond donors (Lipinski definition) is 2. The van der Waals surface area contributed by atoms with Crippen LogP contribution >= 0.6 is 12.2 Å². The Morgan fingerprint density at radius 1 is 1.07 bits per heavy atom. The number of hydrogen-bond acceptors (Lipinski definition) is 2. The van der Waals surface area contributed by atoms with E-state index in [9.17, 15) is 9.18 Å². The van der Waals surface area contributed by atoms with Crippen LogP contribution in [0.2, 0.25) is 0 Å². The van der Waals surface area contributed by atoms with Crippen molar-refractivity contribution in [2.45, 2.75) is 83.3 Å². The Bertz CT molecular complexity index is 675. The van der Waals surface area contributed by atoms with Crippen LogP contribution in [0.4, 0.5) is 4.39 Å². The van der Waals surface area contributed by atoms with Crippen molar-refractivity contribution in [3.8, 4) is 0 Å². The number of halogens is 1. The molecule has 1 amide bonds. The summed E-state index contributed by atoms with van der Waals surface area (Å²) >= 11 is 5.69. The summed E-state index contributed by atoms with van der Waals surface area (Å²) in [7, 11) is 0. The molecule has 6 heteroatoms. The molecule has 160 valence electrons. The Hall–Kier alpha value is -1.69. The zero-order valence-electron chi connectivity index (χ0n) is 17.5. The lowest BCUT2D eigenvalue weighted by Gasteiger charge is -2.36. The third kappa shape index (κ3) is 6.66. The minimum absolute atomic E-state index is 0.0106. The van der Waals surface area contributed by atoms with Crippen molar-refractivity contribution >= 4 is 23.2 Å². The van der Waals surface area contributed by atoms with E-state index in [4.69, 9.17) is 12.2 Å². The van der Waals surface area contributed by atoms with Crippen LogP contribution in [-0.2, 0) is 11.3 Å². The van der Waals surface area contributed by atoms with Crippen LogP contribution in [0.1, 0.15) is 70.3 Å². The monoisotopic (exact) mass is 419 g/mol. The molecule has 0 aliphatic heterocycles.